The van der Waals surface area contributed by atoms with Gasteiger partial charge >= 0.3 is 78.7 Å². The van der Waals surface area contributed by atoms with Gasteiger partial charge < -0.3 is 0 Å². The van der Waals surface area contributed by atoms with Gasteiger partial charge in [0.1, 0.15) is 0 Å². The molecule has 0 aliphatic rings. The van der Waals surface area contributed by atoms with E-state index in [1.54, 1.807) is 6.08 Å². The summed E-state index contributed by atoms with van der Waals surface area (Å²) in [5, 5.41) is 0. The number of ether oxygens (including phenoxy) is 2. The fourth-order valence-electron chi connectivity index (χ4n) is 0.507. The Balaban J connectivity index is 3.01. The first-order chi connectivity index (χ1) is 5.31. The Morgan fingerprint density at radius 2 is 2.18 bits per heavy atom. The molecule has 0 spiro atoms. The molecule has 0 unspecified atom stereocenters. The molecule has 0 bridgehead atoms. The molecule has 0 saturated heterocycles. The molecular formula is C8H14O2W. The second kappa shape index (κ2) is 8.32. The maximum atomic E-state index is 5.25. The molecule has 0 saturated carbocycles. The van der Waals surface area contributed by atoms with Gasteiger partial charge in [-0.1, -0.05) is 0 Å². The van der Waals surface area contributed by atoms with Gasteiger partial charge in [-0.05, 0) is 0 Å². The molecule has 3 heteroatoms. The Hall–Kier alpha value is 0.218. The van der Waals surface area contributed by atoms with E-state index in [9.17, 15) is 0 Å². The molecule has 0 rings (SSSR count). The zero-order chi connectivity index (χ0) is 8.53. The van der Waals surface area contributed by atoms with Gasteiger partial charge in [-0.25, -0.2) is 0 Å². The fourth-order valence-corrected chi connectivity index (χ4v) is 0.806. The van der Waals surface area contributed by atoms with Gasteiger partial charge in [0.2, 0.25) is 0 Å². The van der Waals surface area contributed by atoms with E-state index >= 15 is 0 Å². The van der Waals surface area contributed by atoms with E-state index in [0.29, 0.717) is 13.2 Å². The first-order valence-electron chi connectivity index (χ1n) is 3.68. The monoisotopic (exact) mass is 326 g/mol. The summed E-state index contributed by atoms with van der Waals surface area (Å²) in [5.41, 5.74) is 0. The Morgan fingerprint density at radius 1 is 1.45 bits per heavy atom. The molecule has 0 aromatic rings. The van der Waals surface area contributed by atoms with E-state index < -0.39 is 0 Å². The molecule has 2 nitrogen and oxygen atoms in total. The van der Waals surface area contributed by atoms with E-state index in [0.717, 1.165) is 17.1 Å². The zero-order valence-corrected chi connectivity index (χ0v) is 9.77. The summed E-state index contributed by atoms with van der Waals surface area (Å²) >= 11 is 1.31. The Labute approximate surface area is 79.0 Å². The Kier molecular flexibility index (Phi) is 8.48. The van der Waals surface area contributed by atoms with Crippen LogP contribution >= 0.6 is 0 Å². The van der Waals surface area contributed by atoms with Crippen LogP contribution in [0.5, 0.6) is 0 Å². The summed E-state index contributed by atoms with van der Waals surface area (Å²) < 4.78 is 11.4. The molecule has 0 radical (unpaired) electrons. The first-order valence-corrected chi connectivity index (χ1v) is 5.15. The summed E-state index contributed by atoms with van der Waals surface area (Å²) in [5.74, 6) is 0. The van der Waals surface area contributed by atoms with Crippen molar-refractivity contribution in [1.29, 1.82) is 0 Å². The molecule has 0 heterocycles. The van der Waals surface area contributed by atoms with Crippen LogP contribution < -0.4 is 0 Å². The van der Waals surface area contributed by atoms with Crippen LogP contribution in [0.25, 0.3) is 0 Å². The third kappa shape index (κ3) is 8.12. The molecule has 0 aromatic heterocycles. The molecule has 0 N–H and O–H groups in total. The van der Waals surface area contributed by atoms with Crippen molar-refractivity contribution < 1.29 is 28.8 Å². The van der Waals surface area contributed by atoms with Crippen LogP contribution in [0, 0.1) is 0 Å². The second-order valence-corrected chi connectivity index (χ2v) is 3.43. The van der Waals surface area contributed by atoms with E-state index in [1.165, 1.54) is 19.4 Å². The Bertz CT molecular complexity index is 123. The molecule has 0 aliphatic heterocycles. The van der Waals surface area contributed by atoms with Crippen molar-refractivity contribution in [2.24, 2.45) is 0 Å². The van der Waals surface area contributed by atoms with Gasteiger partial charge in [-0.3, -0.25) is 0 Å². The third-order valence-electron chi connectivity index (χ3n) is 0.987. The van der Waals surface area contributed by atoms with E-state index in [1.807, 2.05) is 0 Å². The van der Waals surface area contributed by atoms with Gasteiger partial charge in [0.05, 0.1) is 0 Å². The zero-order valence-electron chi connectivity index (χ0n) is 6.84. The van der Waals surface area contributed by atoms with Crippen LogP contribution in [0.3, 0.4) is 0 Å². The standard InChI is InChI=1S/C8H14O2.W/c1-3-5-9-7-8-10-6-4-2;/h3H,1,4,6-8H2,2H3;. The molecule has 0 amide bonds. The normalized spacial score (nSPS) is 9.55. The fraction of sp³-hybridized carbons (Fsp3) is 0.625. The Morgan fingerprint density at radius 3 is 2.73 bits per heavy atom. The minimum atomic E-state index is 0.644. The van der Waals surface area contributed by atoms with E-state index in [-0.39, 0.29) is 0 Å². The van der Waals surface area contributed by atoms with Crippen LogP contribution in [0.2, 0.25) is 0 Å². The van der Waals surface area contributed by atoms with Gasteiger partial charge in [0.25, 0.3) is 0 Å². The van der Waals surface area contributed by atoms with Crippen molar-refractivity contribution in [1.82, 2.24) is 0 Å². The predicted octanol–water partition coefficient (Wildman–Crippen LogP) is 1.29. The van der Waals surface area contributed by atoms with Crippen LogP contribution in [0.1, 0.15) is 13.3 Å². The minimum absolute atomic E-state index is 0.644. The molecule has 0 aliphatic carbocycles. The quantitative estimate of drug-likeness (QED) is 0.657. The number of hydrogen-bond donors (Lipinski definition) is 0. The predicted molar refractivity (Wildman–Crippen MR) is 42.3 cm³/mol. The molecule has 0 atom stereocenters. The topological polar surface area (TPSA) is 18.5 Å². The molecule has 0 aromatic carbocycles. The van der Waals surface area contributed by atoms with E-state index in [2.05, 4.69) is 13.5 Å². The van der Waals surface area contributed by atoms with Crippen molar-refractivity contribution in [2.75, 3.05) is 19.8 Å². The van der Waals surface area contributed by atoms with Crippen molar-refractivity contribution in [3.05, 3.63) is 12.7 Å². The molecular weight excluding hydrogens is 312 g/mol. The van der Waals surface area contributed by atoms with Crippen LogP contribution in [0.15, 0.2) is 12.7 Å². The van der Waals surface area contributed by atoms with E-state index in [4.69, 9.17) is 9.47 Å². The number of rotatable bonds is 7. The van der Waals surface area contributed by atoms with Crippen molar-refractivity contribution in [2.45, 2.75) is 13.3 Å². The summed E-state index contributed by atoms with van der Waals surface area (Å²) in [6.45, 7) is 7.83. The SMILES string of the molecule is C=C[C](=[W])OCCOCCC. The second-order valence-electron chi connectivity index (χ2n) is 1.98. The maximum absolute atomic E-state index is 5.25. The van der Waals surface area contributed by atoms with Gasteiger partial charge in [0.15, 0.2) is 0 Å². The van der Waals surface area contributed by atoms with Crippen molar-refractivity contribution in [3.63, 3.8) is 0 Å². The third-order valence-corrected chi connectivity index (χ3v) is 2.01. The first kappa shape index (κ1) is 11.2. The summed E-state index contributed by atoms with van der Waals surface area (Å²) in [7, 11) is 0. The molecule has 11 heavy (non-hydrogen) atoms. The average Bonchev–Trinajstić information content (AvgIpc) is 2.04. The molecule has 0 fully saturated rings. The van der Waals surface area contributed by atoms with Gasteiger partial charge in [0, 0.05) is 0 Å². The summed E-state index contributed by atoms with van der Waals surface area (Å²) in [4.78, 5) is 0. The average molecular weight is 326 g/mol. The van der Waals surface area contributed by atoms with Gasteiger partial charge in [-0.2, -0.15) is 0 Å². The number of hydrogen-bond acceptors (Lipinski definition) is 2. The van der Waals surface area contributed by atoms with Crippen LogP contribution in [-0.2, 0) is 28.8 Å². The summed E-state index contributed by atoms with van der Waals surface area (Å²) in [6.07, 6.45) is 2.80. The summed E-state index contributed by atoms with van der Waals surface area (Å²) in [6, 6.07) is 0. The molecule has 64 valence electrons. The van der Waals surface area contributed by atoms with Crippen LogP contribution in [-0.4, -0.2) is 23.9 Å². The van der Waals surface area contributed by atoms with Crippen LogP contribution in [0.4, 0.5) is 0 Å². The van der Waals surface area contributed by atoms with Gasteiger partial charge in [-0.15, -0.1) is 0 Å². The van der Waals surface area contributed by atoms with Crippen molar-refractivity contribution >= 4 is 4.08 Å². The van der Waals surface area contributed by atoms with Crippen molar-refractivity contribution in [3.8, 4) is 0 Å².